The van der Waals surface area contributed by atoms with Crippen LogP contribution in [0.1, 0.15) is 13.3 Å². The van der Waals surface area contributed by atoms with Gasteiger partial charge in [0.05, 0.1) is 29.0 Å². The summed E-state index contributed by atoms with van der Waals surface area (Å²) in [5.74, 6) is 0.265. The number of carbonyl (C=O) groups excluding carboxylic acids is 2. The molecule has 8 nitrogen and oxygen atoms in total. The number of hydrogen-bond acceptors (Lipinski definition) is 5. The number of nitrogens with zero attached hydrogens (tertiary/aromatic N) is 2. The lowest BCUT2D eigenvalue weighted by Crippen LogP contribution is -2.43. The molecule has 2 aliphatic carbocycles. The Labute approximate surface area is 205 Å². The number of benzene rings is 1. The lowest BCUT2D eigenvalue weighted by atomic mass is 9.85. The Morgan fingerprint density at radius 2 is 1.69 bits per heavy atom. The molecule has 1 aliphatic heterocycles. The van der Waals surface area contributed by atoms with Crippen molar-refractivity contribution in [3.63, 3.8) is 0 Å². The molecular formula is C22H29IN4O4S. The SMILES string of the molecule is CCNC(=NCCS(=O)(=O)c1ccccc1)NCCN1C(=O)C2C3C=CC(C3)C2C1=O.I. The van der Waals surface area contributed by atoms with Crippen molar-refractivity contribution in [2.75, 3.05) is 31.9 Å². The average Bonchev–Trinajstić information content (AvgIpc) is 3.44. The van der Waals surface area contributed by atoms with Crippen molar-refractivity contribution in [3.8, 4) is 0 Å². The highest BCUT2D eigenvalue weighted by atomic mass is 127. The zero-order valence-corrected chi connectivity index (χ0v) is 21.1. The normalized spacial score (nSPS) is 26.3. The molecule has 0 radical (unpaired) electrons. The average molecular weight is 572 g/mol. The van der Waals surface area contributed by atoms with Gasteiger partial charge in [-0.25, -0.2) is 8.42 Å². The first-order valence-corrected chi connectivity index (χ1v) is 12.4. The van der Waals surface area contributed by atoms with Crippen LogP contribution < -0.4 is 10.6 Å². The molecule has 1 saturated heterocycles. The van der Waals surface area contributed by atoms with Crippen molar-refractivity contribution in [3.05, 3.63) is 42.5 Å². The minimum Gasteiger partial charge on any atom is -0.357 e. The van der Waals surface area contributed by atoms with Gasteiger partial charge < -0.3 is 10.6 Å². The van der Waals surface area contributed by atoms with Crippen molar-refractivity contribution in [2.24, 2.45) is 28.7 Å². The summed E-state index contributed by atoms with van der Waals surface area (Å²) in [4.78, 5) is 31.5. The van der Waals surface area contributed by atoms with Gasteiger partial charge in [0.25, 0.3) is 0 Å². The van der Waals surface area contributed by atoms with Crippen LogP contribution >= 0.6 is 24.0 Å². The van der Waals surface area contributed by atoms with Crippen molar-refractivity contribution in [1.82, 2.24) is 15.5 Å². The van der Waals surface area contributed by atoms with Gasteiger partial charge in [0.15, 0.2) is 15.8 Å². The van der Waals surface area contributed by atoms with Crippen molar-refractivity contribution < 1.29 is 18.0 Å². The first kappa shape index (κ1) is 24.7. The van der Waals surface area contributed by atoms with E-state index in [1.54, 1.807) is 30.3 Å². The highest BCUT2D eigenvalue weighted by molar-refractivity contribution is 14.0. The van der Waals surface area contributed by atoms with E-state index in [-0.39, 0.29) is 83.2 Å². The van der Waals surface area contributed by atoms with Crippen LogP contribution in [0.15, 0.2) is 52.4 Å². The molecule has 1 aromatic rings. The number of halogens is 1. The van der Waals surface area contributed by atoms with Crippen molar-refractivity contribution in [2.45, 2.75) is 18.2 Å². The van der Waals surface area contributed by atoms with E-state index in [1.165, 1.54) is 4.90 Å². The molecule has 4 rings (SSSR count). The van der Waals surface area contributed by atoms with Gasteiger partial charge in [-0.1, -0.05) is 30.4 Å². The second-order valence-electron chi connectivity index (χ2n) is 8.15. The third kappa shape index (κ3) is 4.85. The van der Waals surface area contributed by atoms with E-state index in [0.29, 0.717) is 19.0 Å². The minimum atomic E-state index is -3.40. The molecule has 1 heterocycles. The Hall–Kier alpha value is -1.95. The zero-order valence-electron chi connectivity index (χ0n) is 17.9. The standard InChI is InChI=1S/C22H28N4O4S.HI/c1-2-23-22(25-11-13-31(29,30)17-6-4-3-5-7-17)24-10-12-26-20(27)18-15-8-9-16(14-15)19(18)21(26)28;/h3-9,15-16,18-19H,2,10-14H2,1H3,(H2,23,24,25);1H. The molecule has 2 amide bonds. The van der Waals surface area contributed by atoms with Crippen LogP contribution in [0.2, 0.25) is 0 Å². The molecule has 1 saturated carbocycles. The first-order chi connectivity index (χ1) is 14.9. The monoisotopic (exact) mass is 572 g/mol. The van der Waals surface area contributed by atoms with Gasteiger partial charge >= 0.3 is 0 Å². The summed E-state index contributed by atoms with van der Waals surface area (Å²) in [6.07, 6.45) is 5.08. The largest absolute Gasteiger partial charge is 0.357 e. The molecule has 174 valence electrons. The van der Waals surface area contributed by atoms with Gasteiger partial charge in [0, 0.05) is 19.6 Å². The number of nitrogens with one attached hydrogen (secondary N) is 2. The van der Waals surface area contributed by atoms with Gasteiger partial charge in [0.2, 0.25) is 11.8 Å². The van der Waals surface area contributed by atoms with Crippen LogP contribution in [-0.2, 0) is 19.4 Å². The second-order valence-corrected chi connectivity index (χ2v) is 10.3. The van der Waals surface area contributed by atoms with E-state index in [4.69, 9.17) is 0 Å². The van der Waals surface area contributed by atoms with Crippen LogP contribution in [0.3, 0.4) is 0 Å². The van der Waals surface area contributed by atoms with Gasteiger partial charge in [-0.2, -0.15) is 0 Å². The molecule has 2 fully saturated rings. The van der Waals surface area contributed by atoms with Gasteiger partial charge in [-0.05, 0) is 37.3 Å². The van der Waals surface area contributed by atoms with Crippen molar-refractivity contribution >= 4 is 51.6 Å². The third-order valence-corrected chi connectivity index (χ3v) is 7.98. The fourth-order valence-electron chi connectivity index (χ4n) is 4.84. The van der Waals surface area contributed by atoms with Crippen LogP contribution in [-0.4, -0.2) is 63.0 Å². The number of guanidine groups is 1. The predicted molar refractivity (Wildman–Crippen MR) is 132 cm³/mol. The van der Waals surface area contributed by atoms with E-state index in [9.17, 15) is 18.0 Å². The van der Waals surface area contributed by atoms with Gasteiger partial charge in [-0.3, -0.25) is 19.5 Å². The molecule has 4 atom stereocenters. The molecule has 1 aromatic carbocycles. The van der Waals surface area contributed by atoms with Crippen LogP contribution in [0.4, 0.5) is 0 Å². The molecule has 0 spiro atoms. The van der Waals surface area contributed by atoms with Crippen LogP contribution in [0.25, 0.3) is 0 Å². The number of rotatable bonds is 8. The lowest BCUT2D eigenvalue weighted by molar-refractivity contribution is -0.140. The number of sulfone groups is 1. The maximum absolute atomic E-state index is 12.7. The Kier molecular flexibility index (Phi) is 7.97. The van der Waals surface area contributed by atoms with Crippen molar-refractivity contribution in [1.29, 1.82) is 0 Å². The van der Waals surface area contributed by atoms with E-state index < -0.39 is 9.84 Å². The summed E-state index contributed by atoms with van der Waals surface area (Å²) >= 11 is 0. The fourth-order valence-corrected chi connectivity index (χ4v) is 5.97. The molecule has 10 heteroatoms. The second kappa shape index (κ2) is 10.3. The maximum atomic E-state index is 12.7. The molecule has 32 heavy (non-hydrogen) atoms. The summed E-state index contributed by atoms with van der Waals surface area (Å²) in [7, 11) is -3.40. The number of amides is 2. The molecule has 2 bridgehead atoms. The van der Waals surface area contributed by atoms with Crippen LogP contribution in [0.5, 0.6) is 0 Å². The van der Waals surface area contributed by atoms with E-state index in [2.05, 4.69) is 27.8 Å². The topological polar surface area (TPSA) is 108 Å². The maximum Gasteiger partial charge on any atom is 0.233 e. The number of imide groups is 1. The number of likely N-dealkylation sites (tertiary alicyclic amines) is 1. The summed E-state index contributed by atoms with van der Waals surface area (Å²) in [5, 5.41) is 6.17. The van der Waals surface area contributed by atoms with Gasteiger partial charge in [0.1, 0.15) is 0 Å². The van der Waals surface area contributed by atoms with E-state index >= 15 is 0 Å². The summed E-state index contributed by atoms with van der Waals surface area (Å²) < 4.78 is 24.8. The smallest absolute Gasteiger partial charge is 0.233 e. The van der Waals surface area contributed by atoms with E-state index in [0.717, 1.165) is 6.42 Å². The quantitative estimate of drug-likeness (QED) is 0.161. The molecule has 3 aliphatic rings. The molecular weight excluding hydrogens is 543 g/mol. The fraction of sp³-hybridized carbons (Fsp3) is 0.500. The number of allylic oxidation sites excluding steroid dienone is 2. The zero-order chi connectivity index (χ0) is 22.0. The Balaban J connectivity index is 0.00000289. The lowest BCUT2D eigenvalue weighted by Gasteiger charge is -2.18. The number of carbonyl (C=O) groups is 2. The predicted octanol–water partition coefficient (Wildman–Crippen LogP) is 1.44. The van der Waals surface area contributed by atoms with Gasteiger partial charge in [-0.15, -0.1) is 24.0 Å². The Bertz CT molecular complexity index is 982. The number of aliphatic imine (C=N–C) groups is 1. The molecule has 2 N–H and O–H groups in total. The molecule has 4 unspecified atom stereocenters. The Morgan fingerprint density at radius 3 is 2.28 bits per heavy atom. The highest BCUT2D eigenvalue weighted by Crippen LogP contribution is 2.52. The van der Waals surface area contributed by atoms with Crippen LogP contribution in [0, 0.1) is 23.7 Å². The van der Waals surface area contributed by atoms with E-state index in [1.807, 2.05) is 6.92 Å². The number of hydrogen-bond donors (Lipinski definition) is 2. The first-order valence-electron chi connectivity index (χ1n) is 10.8. The molecule has 0 aromatic heterocycles. The Morgan fingerprint density at radius 1 is 1.06 bits per heavy atom. The third-order valence-electron chi connectivity index (χ3n) is 6.27. The number of fused-ring (bicyclic) bond motifs is 5. The summed E-state index contributed by atoms with van der Waals surface area (Å²) in [6, 6.07) is 8.30. The minimum absolute atomic E-state index is 0. The summed E-state index contributed by atoms with van der Waals surface area (Å²) in [5.41, 5.74) is 0. The summed E-state index contributed by atoms with van der Waals surface area (Å²) in [6.45, 7) is 3.26. The highest BCUT2D eigenvalue weighted by Gasteiger charge is 2.58.